The zero-order valence-corrected chi connectivity index (χ0v) is 10.7. The van der Waals surface area contributed by atoms with E-state index in [2.05, 4.69) is 20.8 Å². The number of ether oxygens (including phenoxy) is 1. The van der Waals surface area contributed by atoms with Crippen LogP contribution in [0.5, 0.6) is 0 Å². The molecule has 0 bridgehead atoms. The number of rotatable bonds is 3. The predicted molar refractivity (Wildman–Crippen MR) is 66.1 cm³/mol. The third kappa shape index (κ3) is 3.41. The normalized spacial score (nSPS) is 11.1. The molecule has 1 aromatic carbocycles. The number of hydrogen-bond acceptors (Lipinski definition) is 3. The van der Waals surface area contributed by atoms with Crippen molar-refractivity contribution in [3.63, 3.8) is 0 Å². The Morgan fingerprint density at radius 3 is 2.41 bits per heavy atom. The summed E-state index contributed by atoms with van der Waals surface area (Å²) in [5.41, 5.74) is 1.36. The van der Waals surface area contributed by atoms with Crippen molar-refractivity contribution in [3.8, 4) is 0 Å². The Bertz CT molecular complexity index is 427. The molecular formula is C14H18O3. The van der Waals surface area contributed by atoms with Gasteiger partial charge in [-0.05, 0) is 24.0 Å². The van der Waals surface area contributed by atoms with Gasteiger partial charge < -0.3 is 4.74 Å². The summed E-state index contributed by atoms with van der Waals surface area (Å²) in [6.07, 6.45) is 0. The molecule has 0 radical (unpaired) electrons. The summed E-state index contributed by atoms with van der Waals surface area (Å²) < 4.78 is 4.70. The molecule has 0 spiro atoms. The highest BCUT2D eigenvalue weighted by Crippen LogP contribution is 2.23. The zero-order chi connectivity index (χ0) is 13.1. The van der Waals surface area contributed by atoms with Crippen LogP contribution in [0.4, 0.5) is 0 Å². The number of hydrogen-bond donors (Lipinski definition) is 0. The molecule has 1 rings (SSSR count). The van der Waals surface area contributed by atoms with Crippen molar-refractivity contribution in [1.82, 2.24) is 0 Å². The number of carbonyl (C=O) groups excluding carboxylic acids is 2. The third-order valence-corrected chi connectivity index (χ3v) is 2.45. The summed E-state index contributed by atoms with van der Waals surface area (Å²) in [4.78, 5) is 23.1. The molecule has 3 nitrogen and oxygen atoms in total. The fourth-order valence-electron chi connectivity index (χ4n) is 1.44. The standard InChI is InChI=1S/C14H18O3/c1-5-17-13(16)12(15)10-7-6-8-11(9-10)14(2,3)4/h6-9H,5H2,1-4H3. The zero-order valence-electron chi connectivity index (χ0n) is 10.7. The molecule has 0 N–H and O–H groups in total. The molecule has 0 aliphatic heterocycles. The van der Waals surface area contributed by atoms with E-state index in [0.29, 0.717) is 5.56 Å². The highest BCUT2D eigenvalue weighted by atomic mass is 16.5. The van der Waals surface area contributed by atoms with E-state index in [1.807, 2.05) is 6.07 Å². The number of esters is 1. The Hall–Kier alpha value is -1.64. The molecule has 3 heteroatoms. The summed E-state index contributed by atoms with van der Waals surface area (Å²) in [6, 6.07) is 7.11. The van der Waals surface area contributed by atoms with Crippen molar-refractivity contribution in [2.75, 3.05) is 6.61 Å². The first-order valence-corrected chi connectivity index (χ1v) is 5.68. The van der Waals surface area contributed by atoms with Gasteiger partial charge in [-0.15, -0.1) is 0 Å². The predicted octanol–water partition coefficient (Wildman–Crippen LogP) is 2.73. The molecular weight excluding hydrogens is 216 g/mol. The quantitative estimate of drug-likeness (QED) is 0.459. The van der Waals surface area contributed by atoms with E-state index in [0.717, 1.165) is 5.56 Å². The third-order valence-electron chi connectivity index (χ3n) is 2.45. The Labute approximate surface area is 102 Å². The summed E-state index contributed by atoms with van der Waals surface area (Å²) in [5.74, 6) is -1.38. The SMILES string of the molecule is CCOC(=O)C(=O)c1cccc(C(C)(C)C)c1. The maximum absolute atomic E-state index is 11.7. The number of benzene rings is 1. The highest BCUT2D eigenvalue weighted by molar-refractivity contribution is 6.40. The minimum absolute atomic E-state index is 0.0506. The fourth-order valence-corrected chi connectivity index (χ4v) is 1.44. The molecule has 0 unspecified atom stereocenters. The summed E-state index contributed by atoms with van der Waals surface area (Å²) in [7, 11) is 0. The lowest BCUT2D eigenvalue weighted by molar-refractivity contribution is -0.137. The molecule has 0 fully saturated rings. The monoisotopic (exact) mass is 234 g/mol. The van der Waals surface area contributed by atoms with Gasteiger partial charge in [0.05, 0.1) is 6.61 Å². The van der Waals surface area contributed by atoms with Gasteiger partial charge in [0.2, 0.25) is 0 Å². The van der Waals surface area contributed by atoms with E-state index >= 15 is 0 Å². The lowest BCUT2D eigenvalue weighted by Gasteiger charge is -2.19. The Morgan fingerprint density at radius 1 is 1.24 bits per heavy atom. The van der Waals surface area contributed by atoms with Crippen LogP contribution in [0.25, 0.3) is 0 Å². The maximum Gasteiger partial charge on any atom is 0.379 e. The van der Waals surface area contributed by atoms with Gasteiger partial charge in [0.25, 0.3) is 5.78 Å². The van der Waals surface area contributed by atoms with E-state index in [4.69, 9.17) is 4.74 Å². The second kappa shape index (κ2) is 5.13. The van der Waals surface area contributed by atoms with Crippen LogP contribution in [0.15, 0.2) is 24.3 Å². The second-order valence-corrected chi connectivity index (χ2v) is 4.88. The molecule has 0 saturated heterocycles. The van der Waals surface area contributed by atoms with E-state index < -0.39 is 11.8 Å². The summed E-state index contributed by atoms with van der Waals surface area (Å²) in [5, 5.41) is 0. The van der Waals surface area contributed by atoms with Crippen LogP contribution in [0.3, 0.4) is 0 Å². The average Bonchev–Trinajstić information content (AvgIpc) is 2.27. The average molecular weight is 234 g/mol. The number of ketones is 1. The van der Waals surface area contributed by atoms with Crippen molar-refractivity contribution < 1.29 is 14.3 Å². The van der Waals surface area contributed by atoms with Crippen molar-refractivity contribution in [3.05, 3.63) is 35.4 Å². The van der Waals surface area contributed by atoms with Gasteiger partial charge in [-0.3, -0.25) is 4.79 Å². The first-order valence-electron chi connectivity index (χ1n) is 5.68. The molecule has 0 aromatic heterocycles. The molecule has 0 saturated carbocycles. The van der Waals surface area contributed by atoms with Gasteiger partial charge in [0.1, 0.15) is 0 Å². The number of Topliss-reactive ketones (excluding diaryl/α,β-unsaturated/α-hetero) is 1. The summed E-state index contributed by atoms with van der Waals surface area (Å²) in [6.45, 7) is 8.06. The van der Waals surface area contributed by atoms with Crippen LogP contribution in [-0.2, 0) is 14.9 Å². The molecule has 0 heterocycles. The van der Waals surface area contributed by atoms with Crippen LogP contribution in [0, 0.1) is 0 Å². The van der Waals surface area contributed by atoms with Gasteiger partial charge in [-0.2, -0.15) is 0 Å². The van der Waals surface area contributed by atoms with Crippen LogP contribution in [-0.4, -0.2) is 18.4 Å². The van der Waals surface area contributed by atoms with Crippen LogP contribution >= 0.6 is 0 Å². The van der Waals surface area contributed by atoms with Crippen molar-refractivity contribution in [2.24, 2.45) is 0 Å². The summed E-state index contributed by atoms with van der Waals surface area (Å²) >= 11 is 0. The van der Waals surface area contributed by atoms with Gasteiger partial charge >= 0.3 is 5.97 Å². The molecule has 17 heavy (non-hydrogen) atoms. The van der Waals surface area contributed by atoms with Gasteiger partial charge in [-0.1, -0.05) is 39.0 Å². The highest BCUT2D eigenvalue weighted by Gasteiger charge is 2.20. The van der Waals surface area contributed by atoms with E-state index in [9.17, 15) is 9.59 Å². The Morgan fingerprint density at radius 2 is 1.88 bits per heavy atom. The van der Waals surface area contributed by atoms with Gasteiger partial charge in [-0.25, -0.2) is 4.79 Å². The van der Waals surface area contributed by atoms with Crippen molar-refractivity contribution in [1.29, 1.82) is 0 Å². The molecule has 1 aromatic rings. The minimum Gasteiger partial charge on any atom is -0.460 e. The molecule has 92 valence electrons. The Kier molecular flexibility index (Phi) is 4.05. The van der Waals surface area contributed by atoms with E-state index in [1.165, 1.54) is 0 Å². The van der Waals surface area contributed by atoms with Crippen LogP contribution < -0.4 is 0 Å². The number of carbonyl (C=O) groups is 2. The van der Waals surface area contributed by atoms with Crippen molar-refractivity contribution >= 4 is 11.8 Å². The molecule has 0 aliphatic carbocycles. The second-order valence-electron chi connectivity index (χ2n) is 4.88. The lowest BCUT2D eigenvalue weighted by Crippen LogP contribution is -2.19. The first kappa shape index (κ1) is 13.4. The molecule has 0 atom stereocenters. The Balaban J connectivity index is 3.00. The van der Waals surface area contributed by atoms with Gasteiger partial charge in [0.15, 0.2) is 0 Å². The van der Waals surface area contributed by atoms with E-state index in [1.54, 1.807) is 25.1 Å². The minimum atomic E-state index is -0.793. The van der Waals surface area contributed by atoms with Crippen molar-refractivity contribution in [2.45, 2.75) is 33.1 Å². The fraction of sp³-hybridized carbons (Fsp3) is 0.429. The smallest absolute Gasteiger partial charge is 0.379 e. The largest absolute Gasteiger partial charge is 0.460 e. The maximum atomic E-state index is 11.7. The molecule has 0 amide bonds. The first-order chi connectivity index (χ1) is 7.86. The van der Waals surface area contributed by atoms with Gasteiger partial charge in [0, 0.05) is 5.56 Å². The molecule has 0 aliphatic rings. The van der Waals surface area contributed by atoms with Crippen LogP contribution in [0.2, 0.25) is 0 Å². The van der Waals surface area contributed by atoms with Crippen LogP contribution in [0.1, 0.15) is 43.6 Å². The van der Waals surface area contributed by atoms with E-state index in [-0.39, 0.29) is 12.0 Å². The topological polar surface area (TPSA) is 43.4 Å². The lowest BCUT2D eigenvalue weighted by atomic mass is 9.86.